The summed E-state index contributed by atoms with van der Waals surface area (Å²) in [4.78, 5) is 9.88. The first-order valence-corrected chi connectivity index (χ1v) is 6.47. The molecule has 17 heavy (non-hydrogen) atoms. The summed E-state index contributed by atoms with van der Waals surface area (Å²) in [7, 11) is 2.21. The molecule has 0 spiro atoms. The average Bonchev–Trinajstić information content (AvgIpc) is 2.69. The monoisotopic (exact) mass is 236 g/mol. The van der Waals surface area contributed by atoms with Gasteiger partial charge < -0.3 is 15.2 Å². The van der Waals surface area contributed by atoms with Crippen LogP contribution < -0.4 is 5.32 Å². The lowest BCUT2D eigenvalue weighted by atomic mass is 9.80. The quantitative estimate of drug-likeness (QED) is 0.833. The van der Waals surface area contributed by atoms with E-state index in [0.29, 0.717) is 5.41 Å². The standard InChI is InChI=1S/C13H24N4/c1-11-15-9-12(16-11)8-14-10-13(2)4-6-17(3)7-5-13/h9,14H,4-8,10H2,1-3H3,(H,15,16). The minimum atomic E-state index is 0.460. The summed E-state index contributed by atoms with van der Waals surface area (Å²) in [6, 6.07) is 0. The summed E-state index contributed by atoms with van der Waals surface area (Å²) < 4.78 is 0. The number of piperidine rings is 1. The highest BCUT2D eigenvalue weighted by Crippen LogP contribution is 2.29. The number of nitrogens with zero attached hydrogens (tertiary/aromatic N) is 2. The van der Waals surface area contributed by atoms with E-state index in [-0.39, 0.29) is 0 Å². The first-order chi connectivity index (χ1) is 8.07. The SMILES string of the molecule is Cc1ncc(CNCC2(C)CCN(C)CC2)[nH]1. The third kappa shape index (κ3) is 3.54. The highest BCUT2D eigenvalue weighted by Gasteiger charge is 2.28. The van der Waals surface area contributed by atoms with Crippen molar-refractivity contribution in [2.45, 2.75) is 33.2 Å². The van der Waals surface area contributed by atoms with E-state index < -0.39 is 0 Å². The van der Waals surface area contributed by atoms with E-state index in [1.807, 2.05) is 13.1 Å². The summed E-state index contributed by atoms with van der Waals surface area (Å²) in [6.07, 6.45) is 4.50. The Bertz CT molecular complexity index is 350. The summed E-state index contributed by atoms with van der Waals surface area (Å²) in [5.41, 5.74) is 1.64. The number of hydrogen-bond donors (Lipinski definition) is 2. The number of aryl methyl sites for hydroxylation is 1. The summed E-state index contributed by atoms with van der Waals surface area (Å²) in [6.45, 7) is 8.82. The molecule has 2 heterocycles. The highest BCUT2D eigenvalue weighted by atomic mass is 15.1. The van der Waals surface area contributed by atoms with Crippen LogP contribution in [0.3, 0.4) is 0 Å². The van der Waals surface area contributed by atoms with Crippen LogP contribution in [0.15, 0.2) is 6.20 Å². The van der Waals surface area contributed by atoms with E-state index in [1.54, 1.807) is 0 Å². The summed E-state index contributed by atoms with van der Waals surface area (Å²) in [5, 5.41) is 3.55. The first kappa shape index (κ1) is 12.6. The number of H-pyrrole nitrogens is 1. The largest absolute Gasteiger partial charge is 0.345 e. The fourth-order valence-corrected chi connectivity index (χ4v) is 2.40. The Morgan fingerprint density at radius 3 is 2.76 bits per heavy atom. The van der Waals surface area contributed by atoms with Crippen LogP contribution in [0.25, 0.3) is 0 Å². The summed E-state index contributed by atoms with van der Waals surface area (Å²) in [5.74, 6) is 0.993. The molecule has 0 unspecified atom stereocenters. The molecule has 4 heteroatoms. The second kappa shape index (κ2) is 5.19. The first-order valence-electron chi connectivity index (χ1n) is 6.47. The Morgan fingerprint density at radius 2 is 2.18 bits per heavy atom. The number of likely N-dealkylation sites (tertiary alicyclic amines) is 1. The van der Waals surface area contributed by atoms with Crippen LogP contribution >= 0.6 is 0 Å². The molecule has 0 saturated carbocycles. The van der Waals surface area contributed by atoms with Crippen molar-refractivity contribution in [1.29, 1.82) is 0 Å². The van der Waals surface area contributed by atoms with Gasteiger partial charge in [-0.3, -0.25) is 0 Å². The zero-order valence-electron chi connectivity index (χ0n) is 11.2. The lowest BCUT2D eigenvalue weighted by molar-refractivity contribution is 0.136. The zero-order valence-corrected chi connectivity index (χ0v) is 11.2. The molecule has 96 valence electrons. The highest BCUT2D eigenvalue weighted by molar-refractivity contribution is 4.99. The van der Waals surface area contributed by atoms with E-state index in [1.165, 1.54) is 31.6 Å². The molecule has 1 fully saturated rings. The van der Waals surface area contributed by atoms with Gasteiger partial charge in [0.15, 0.2) is 0 Å². The molecule has 1 aromatic heterocycles. The van der Waals surface area contributed by atoms with Gasteiger partial charge in [-0.25, -0.2) is 4.98 Å². The Morgan fingerprint density at radius 1 is 1.47 bits per heavy atom. The molecule has 0 radical (unpaired) electrons. The van der Waals surface area contributed by atoms with Crippen LogP contribution in [0, 0.1) is 12.3 Å². The van der Waals surface area contributed by atoms with Crippen LogP contribution in [0.5, 0.6) is 0 Å². The molecule has 1 aliphatic rings. The predicted molar refractivity (Wildman–Crippen MR) is 69.9 cm³/mol. The third-order valence-electron chi connectivity index (χ3n) is 3.82. The third-order valence-corrected chi connectivity index (χ3v) is 3.82. The van der Waals surface area contributed by atoms with Crippen LogP contribution in [0.2, 0.25) is 0 Å². The smallest absolute Gasteiger partial charge is 0.103 e. The summed E-state index contributed by atoms with van der Waals surface area (Å²) >= 11 is 0. The average molecular weight is 236 g/mol. The second-order valence-corrected chi connectivity index (χ2v) is 5.71. The molecule has 0 aliphatic carbocycles. The van der Waals surface area contributed by atoms with Crippen molar-refractivity contribution < 1.29 is 0 Å². The van der Waals surface area contributed by atoms with Gasteiger partial charge in [0.25, 0.3) is 0 Å². The van der Waals surface area contributed by atoms with E-state index in [0.717, 1.165) is 18.9 Å². The van der Waals surface area contributed by atoms with Gasteiger partial charge in [-0.15, -0.1) is 0 Å². The molecule has 1 saturated heterocycles. The van der Waals surface area contributed by atoms with Crippen LogP contribution in [0.1, 0.15) is 31.3 Å². The minimum absolute atomic E-state index is 0.460. The number of imidazole rings is 1. The van der Waals surface area contributed by atoms with Crippen molar-refractivity contribution in [3.8, 4) is 0 Å². The van der Waals surface area contributed by atoms with Crippen LogP contribution in [0.4, 0.5) is 0 Å². The topological polar surface area (TPSA) is 44.0 Å². The molecule has 0 amide bonds. The molecule has 0 atom stereocenters. The maximum atomic E-state index is 4.21. The molecular formula is C13H24N4. The lowest BCUT2D eigenvalue weighted by Gasteiger charge is -2.38. The Hall–Kier alpha value is -0.870. The van der Waals surface area contributed by atoms with Crippen molar-refractivity contribution in [2.75, 3.05) is 26.7 Å². The number of nitrogens with one attached hydrogen (secondary N) is 2. The number of aromatic amines is 1. The predicted octanol–water partition coefficient (Wildman–Crippen LogP) is 1.54. The maximum Gasteiger partial charge on any atom is 0.103 e. The molecular weight excluding hydrogens is 212 g/mol. The minimum Gasteiger partial charge on any atom is -0.345 e. The van der Waals surface area contributed by atoms with Crippen LogP contribution in [-0.4, -0.2) is 41.5 Å². The molecule has 2 N–H and O–H groups in total. The Kier molecular flexibility index (Phi) is 3.84. The fourth-order valence-electron chi connectivity index (χ4n) is 2.40. The van der Waals surface area contributed by atoms with E-state index in [9.17, 15) is 0 Å². The van der Waals surface area contributed by atoms with Gasteiger partial charge in [-0.1, -0.05) is 6.92 Å². The van der Waals surface area contributed by atoms with Gasteiger partial charge in [0.2, 0.25) is 0 Å². The fraction of sp³-hybridized carbons (Fsp3) is 0.769. The zero-order chi connectivity index (χ0) is 12.3. The Labute approximate surface area is 104 Å². The molecule has 4 nitrogen and oxygen atoms in total. The van der Waals surface area contributed by atoms with Gasteiger partial charge in [0.05, 0.1) is 0 Å². The molecule has 0 bridgehead atoms. The van der Waals surface area contributed by atoms with Crippen molar-refractivity contribution in [1.82, 2.24) is 20.2 Å². The van der Waals surface area contributed by atoms with E-state index in [2.05, 4.69) is 34.2 Å². The van der Waals surface area contributed by atoms with Crippen LogP contribution in [-0.2, 0) is 6.54 Å². The number of aromatic nitrogens is 2. The van der Waals surface area contributed by atoms with Crippen molar-refractivity contribution >= 4 is 0 Å². The number of hydrogen-bond acceptors (Lipinski definition) is 3. The van der Waals surface area contributed by atoms with Gasteiger partial charge in [-0.2, -0.15) is 0 Å². The lowest BCUT2D eigenvalue weighted by Crippen LogP contribution is -2.41. The van der Waals surface area contributed by atoms with Crippen molar-refractivity contribution in [2.24, 2.45) is 5.41 Å². The van der Waals surface area contributed by atoms with Crippen molar-refractivity contribution in [3.05, 3.63) is 17.7 Å². The molecule has 1 aliphatic heterocycles. The van der Waals surface area contributed by atoms with E-state index in [4.69, 9.17) is 0 Å². The van der Waals surface area contributed by atoms with Gasteiger partial charge >= 0.3 is 0 Å². The molecule has 0 aromatic carbocycles. The normalized spacial score (nSPS) is 20.6. The molecule has 2 rings (SSSR count). The maximum absolute atomic E-state index is 4.21. The second-order valence-electron chi connectivity index (χ2n) is 5.71. The van der Waals surface area contributed by atoms with Gasteiger partial charge in [0.1, 0.15) is 5.82 Å². The Balaban J connectivity index is 1.74. The van der Waals surface area contributed by atoms with Gasteiger partial charge in [-0.05, 0) is 45.3 Å². The molecule has 1 aromatic rings. The van der Waals surface area contributed by atoms with E-state index >= 15 is 0 Å². The van der Waals surface area contributed by atoms with Gasteiger partial charge in [0, 0.05) is 25.0 Å². The van der Waals surface area contributed by atoms with Crippen molar-refractivity contribution in [3.63, 3.8) is 0 Å². The number of rotatable bonds is 4.